The molecule has 0 unspecified atom stereocenters. The molecule has 21 heavy (non-hydrogen) atoms. The Morgan fingerprint density at radius 3 is 2.71 bits per heavy atom. The first-order chi connectivity index (χ1) is 10.1. The van der Waals surface area contributed by atoms with Crippen molar-refractivity contribution in [2.45, 2.75) is 19.4 Å². The van der Waals surface area contributed by atoms with Crippen LogP contribution in [0.25, 0.3) is 0 Å². The molecule has 0 fully saturated rings. The van der Waals surface area contributed by atoms with Crippen LogP contribution in [0.3, 0.4) is 0 Å². The smallest absolute Gasteiger partial charge is 0.166 e. The van der Waals surface area contributed by atoms with Gasteiger partial charge in [-0.1, -0.05) is 24.3 Å². The summed E-state index contributed by atoms with van der Waals surface area (Å²) in [5, 5.41) is 9.35. The third-order valence-corrected chi connectivity index (χ3v) is 3.15. The van der Waals surface area contributed by atoms with Crippen LogP contribution in [0.2, 0.25) is 0 Å². The van der Waals surface area contributed by atoms with Gasteiger partial charge in [-0.2, -0.15) is 0 Å². The highest BCUT2D eigenvalue weighted by atomic mass is 16.5. The van der Waals surface area contributed by atoms with Crippen LogP contribution in [-0.2, 0) is 0 Å². The van der Waals surface area contributed by atoms with Crippen molar-refractivity contribution in [3.63, 3.8) is 0 Å². The van der Waals surface area contributed by atoms with Crippen LogP contribution in [0.15, 0.2) is 48.5 Å². The van der Waals surface area contributed by atoms with Gasteiger partial charge in [0, 0.05) is 18.0 Å². The van der Waals surface area contributed by atoms with E-state index in [9.17, 15) is 9.90 Å². The minimum atomic E-state index is -0.0609. The lowest BCUT2D eigenvalue weighted by Gasteiger charge is -2.10. The molecule has 110 valence electrons. The number of hydrogen-bond donors (Lipinski definition) is 2. The number of carbonyl (C=O) groups excluding carboxylic acids is 1. The highest BCUT2D eigenvalue weighted by molar-refractivity contribution is 5.96. The van der Waals surface area contributed by atoms with Gasteiger partial charge in [-0.25, -0.2) is 0 Å². The van der Waals surface area contributed by atoms with Gasteiger partial charge in [-0.05, 0) is 36.8 Å². The van der Waals surface area contributed by atoms with Crippen LogP contribution in [0.1, 0.15) is 35.3 Å². The second-order valence-corrected chi connectivity index (χ2v) is 4.93. The summed E-state index contributed by atoms with van der Waals surface area (Å²) in [6.45, 7) is 2.20. The molecule has 0 spiro atoms. The van der Waals surface area contributed by atoms with Crippen molar-refractivity contribution in [2.75, 3.05) is 6.61 Å². The predicted molar refractivity (Wildman–Crippen MR) is 81.6 cm³/mol. The Kier molecular flexibility index (Phi) is 4.95. The summed E-state index contributed by atoms with van der Waals surface area (Å²) in [6.07, 6.45) is 0.256. The molecule has 0 radical (unpaired) electrons. The lowest BCUT2D eigenvalue weighted by Crippen LogP contribution is -2.08. The molecule has 0 saturated carbocycles. The van der Waals surface area contributed by atoms with Crippen molar-refractivity contribution < 1.29 is 14.6 Å². The molecular weight excluding hydrogens is 266 g/mol. The van der Waals surface area contributed by atoms with Crippen molar-refractivity contribution in [1.82, 2.24) is 0 Å². The Labute approximate surface area is 124 Å². The number of carbonyl (C=O) groups is 1. The van der Waals surface area contributed by atoms with Gasteiger partial charge in [-0.3, -0.25) is 4.79 Å². The lowest BCUT2D eigenvalue weighted by molar-refractivity contribution is 0.0962. The summed E-state index contributed by atoms with van der Waals surface area (Å²) in [5.41, 5.74) is 7.30. The number of hydrogen-bond acceptors (Lipinski definition) is 4. The lowest BCUT2D eigenvalue weighted by atomic mass is 10.1. The average molecular weight is 285 g/mol. The van der Waals surface area contributed by atoms with E-state index in [1.165, 1.54) is 12.1 Å². The first-order valence-electron chi connectivity index (χ1n) is 6.87. The van der Waals surface area contributed by atoms with Crippen LogP contribution in [0, 0.1) is 0 Å². The van der Waals surface area contributed by atoms with Gasteiger partial charge in [0.15, 0.2) is 5.78 Å². The molecule has 0 aromatic heterocycles. The van der Waals surface area contributed by atoms with Gasteiger partial charge in [0.05, 0.1) is 6.61 Å². The topological polar surface area (TPSA) is 72.5 Å². The second kappa shape index (κ2) is 6.90. The number of benzene rings is 2. The monoisotopic (exact) mass is 285 g/mol. The summed E-state index contributed by atoms with van der Waals surface area (Å²) in [6, 6.07) is 13.8. The van der Waals surface area contributed by atoms with E-state index in [2.05, 4.69) is 0 Å². The summed E-state index contributed by atoms with van der Waals surface area (Å²) in [4.78, 5) is 12.0. The van der Waals surface area contributed by atoms with E-state index in [4.69, 9.17) is 10.5 Å². The number of phenols is 1. The van der Waals surface area contributed by atoms with Crippen molar-refractivity contribution in [1.29, 1.82) is 0 Å². The molecule has 2 aromatic carbocycles. The van der Waals surface area contributed by atoms with Gasteiger partial charge >= 0.3 is 0 Å². The molecule has 4 nitrogen and oxygen atoms in total. The fourth-order valence-electron chi connectivity index (χ4n) is 1.97. The Hall–Kier alpha value is -2.33. The summed E-state index contributed by atoms with van der Waals surface area (Å²) >= 11 is 0. The van der Waals surface area contributed by atoms with E-state index in [1.807, 2.05) is 31.2 Å². The number of ketones is 1. The quantitative estimate of drug-likeness (QED) is 0.800. The molecule has 0 amide bonds. The summed E-state index contributed by atoms with van der Waals surface area (Å²) < 4.78 is 5.58. The number of aromatic hydroxyl groups is 1. The Bertz CT molecular complexity index is 623. The Balaban J connectivity index is 1.89. The second-order valence-electron chi connectivity index (χ2n) is 4.93. The zero-order valence-corrected chi connectivity index (χ0v) is 12.0. The van der Waals surface area contributed by atoms with Crippen molar-refractivity contribution in [3.8, 4) is 11.5 Å². The van der Waals surface area contributed by atoms with Crippen LogP contribution in [0.4, 0.5) is 0 Å². The third kappa shape index (κ3) is 4.33. The maximum atomic E-state index is 12.0. The van der Waals surface area contributed by atoms with E-state index in [-0.39, 0.29) is 30.6 Å². The molecule has 0 bridgehead atoms. The zero-order valence-electron chi connectivity index (χ0n) is 12.0. The molecular formula is C17H19NO3. The number of rotatable bonds is 6. The number of phenolic OH excluding ortho intramolecular Hbond substituents is 1. The number of Topliss-reactive ketones (excluding diaryl/α,β-unsaturated/α-hetero) is 1. The third-order valence-electron chi connectivity index (χ3n) is 3.15. The highest BCUT2D eigenvalue weighted by Gasteiger charge is 2.07. The molecule has 0 aliphatic carbocycles. The van der Waals surface area contributed by atoms with Crippen LogP contribution >= 0.6 is 0 Å². The molecule has 2 rings (SSSR count). The molecule has 2 aromatic rings. The Morgan fingerprint density at radius 2 is 2.00 bits per heavy atom. The fourth-order valence-corrected chi connectivity index (χ4v) is 1.97. The standard InChI is InChI=1S/C17H19NO3/c1-12(18)13-4-3-7-16(11-13)21-9-8-17(20)14-5-2-6-15(19)10-14/h2-7,10-12,19H,8-9,18H2,1H3/t12-/m0/s1. The molecule has 0 heterocycles. The van der Waals surface area contributed by atoms with Crippen molar-refractivity contribution >= 4 is 5.78 Å². The number of ether oxygens (including phenoxy) is 1. The zero-order chi connectivity index (χ0) is 15.2. The van der Waals surface area contributed by atoms with Gasteiger partial charge < -0.3 is 15.6 Å². The van der Waals surface area contributed by atoms with Crippen LogP contribution in [-0.4, -0.2) is 17.5 Å². The van der Waals surface area contributed by atoms with E-state index in [1.54, 1.807) is 12.1 Å². The average Bonchev–Trinajstić information content (AvgIpc) is 2.47. The van der Waals surface area contributed by atoms with E-state index >= 15 is 0 Å². The summed E-state index contributed by atoms with van der Waals surface area (Å²) in [5.74, 6) is 0.731. The highest BCUT2D eigenvalue weighted by Crippen LogP contribution is 2.18. The minimum absolute atomic E-state index is 0.0533. The SMILES string of the molecule is C[C@H](N)c1cccc(OCCC(=O)c2cccc(O)c2)c1. The maximum Gasteiger partial charge on any atom is 0.166 e. The van der Waals surface area contributed by atoms with E-state index < -0.39 is 0 Å². The molecule has 0 saturated heterocycles. The molecule has 0 aliphatic rings. The van der Waals surface area contributed by atoms with Crippen molar-refractivity contribution in [3.05, 3.63) is 59.7 Å². The predicted octanol–water partition coefficient (Wildman–Crippen LogP) is 3.06. The van der Waals surface area contributed by atoms with Gasteiger partial charge in [-0.15, -0.1) is 0 Å². The number of nitrogens with two attached hydrogens (primary N) is 1. The van der Waals surface area contributed by atoms with E-state index in [0.717, 1.165) is 5.56 Å². The Morgan fingerprint density at radius 1 is 1.24 bits per heavy atom. The summed E-state index contributed by atoms with van der Waals surface area (Å²) in [7, 11) is 0. The fraction of sp³-hybridized carbons (Fsp3) is 0.235. The molecule has 4 heteroatoms. The minimum Gasteiger partial charge on any atom is -0.508 e. The van der Waals surface area contributed by atoms with Crippen LogP contribution < -0.4 is 10.5 Å². The van der Waals surface area contributed by atoms with Gasteiger partial charge in [0.2, 0.25) is 0 Å². The normalized spacial score (nSPS) is 11.9. The van der Waals surface area contributed by atoms with Gasteiger partial charge in [0.1, 0.15) is 11.5 Å². The molecule has 3 N–H and O–H groups in total. The first-order valence-corrected chi connectivity index (χ1v) is 6.87. The first kappa shape index (κ1) is 15.1. The van der Waals surface area contributed by atoms with Crippen LogP contribution in [0.5, 0.6) is 11.5 Å². The molecule has 1 atom stereocenters. The van der Waals surface area contributed by atoms with Crippen molar-refractivity contribution in [2.24, 2.45) is 5.73 Å². The molecule has 0 aliphatic heterocycles. The maximum absolute atomic E-state index is 12.0. The van der Waals surface area contributed by atoms with Gasteiger partial charge in [0.25, 0.3) is 0 Å². The largest absolute Gasteiger partial charge is 0.508 e. The van der Waals surface area contributed by atoms with E-state index in [0.29, 0.717) is 11.3 Å².